The number of aryl methyl sites for hydroxylation is 1. The van der Waals surface area contributed by atoms with Crippen molar-refractivity contribution in [3.63, 3.8) is 0 Å². The van der Waals surface area contributed by atoms with Gasteiger partial charge < -0.3 is 10.6 Å². The zero-order valence-corrected chi connectivity index (χ0v) is 11.1. The normalized spacial score (nSPS) is 10.3. The summed E-state index contributed by atoms with van der Waals surface area (Å²) in [6.45, 7) is 2.30. The number of pyridine rings is 1. The third-order valence-electron chi connectivity index (χ3n) is 2.53. The summed E-state index contributed by atoms with van der Waals surface area (Å²) >= 11 is 1.51. The molecular formula is C12H14N4OS. The third-order valence-corrected chi connectivity index (χ3v) is 3.17. The van der Waals surface area contributed by atoms with Crippen LogP contribution in [0.1, 0.15) is 21.7 Å². The molecule has 0 aliphatic heterocycles. The number of rotatable bonds is 3. The van der Waals surface area contributed by atoms with Gasteiger partial charge in [0.25, 0.3) is 5.91 Å². The Kier molecular flexibility index (Phi) is 3.57. The highest BCUT2D eigenvalue weighted by atomic mass is 32.1. The number of hydrogen-bond donors (Lipinski definition) is 1. The van der Waals surface area contributed by atoms with Crippen LogP contribution in [0.5, 0.6) is 0 Å². The summed E-state index contributed by atoms with van der Waals surface area (Å²) in [6, 6.07) is 1.70. The van der Waals surface area contributed by atoms with Crippen LogP contribution >= 0.6 is 11.3 Å². The van der Waals surface area contributed by atoms with Gasteiger partial charge in [-0.05, 0) is 13.0 Å². The summed E-state index contributed by atoms with van der Waals surface area (Å²) in [7, 11) is 1.72. The monoisotopic (exact) mass is 262 g/mol. The summed E-state index contributed by atoms with van der Waals surface area (Å²) in [5, 5.41) is 1.92. The number of hydrogen-bond acceptors (Lipinski definition) is 5. The van der Waals surface area contributed by atoms with Crippen molar-refractivity contribution in [1.82, 2.24) is 14.9 Å². The highest BCUT2D eigenvalue weighted by Crippen LogP contribution is 2.15. The van der Waals surface area contributed by atoms with Gasteiger partial charge >= 0.3 is 0 Å². The van der Waals surface area contributed by atoms with Crippen molar-refractivity contribution >= 4 is 22.9 Å². The fourth-order valence-electron chi connectivity index (χ4n) is 1.60. The Labute approximate surface area is 109 Å². The molecule has 0 atom stereocenters. The first-order valence-corrected chi connectivity index (χ1v) is 6.37. The Balaban J connectivity index is 2.15. The van der Waals surface area contributed by atoms with Crippen molar-refractivity contribution in [2.75, 3.05) is 12.8 Å². The van der Waals surface area contributed by atoms with Gasteiger partial charge in [-0.25, -0.2) is 4.98 Å². The van der Waals surface area contributed by atoms with E-state index in [0.29, 0.717) is 17.8 Å². The smallest absolute Gasteiger partial charge is 0.257 e. The standard InChI is InChI=1S/C12H14N4OS/c1-8-3-11(13)10(4-14-8)12(17)16(2)5-9-6-18-7-15-9/h3-4,6-7H,5H2,1-2H3,(H2,13,14). The summed E-state index contributed by atoms with van der Waals surface area (Å²) in [4.78, 5) is 22.0. The molecule has 2 N–H and O–H groups in total. The van der Waals surface area contributed by atoms with E-state index in [9.17, 15) is 4.79 Å². The fourth-order valence-corrected chi connectivity index (χ4v) is 2.15. The maximum absolute atomic E-state index is 12.2. The minimum absolute atomic E-state index is 0.145. The summed E-state index contributed by atoms with van der Waals surface area (Å²) in [5.74, 6) is -0.145. The molecular weight excluding hydrogens is 248 g/mol. The average molecular weight is 262 g/mol. The van der Waals surface area contributed by atoms with E-state index in [1.165, 1.54) is 17.5 Å². The Bertz CT molecular complexity index is 553. The highest BCUT2D eigenvalue weighted by Gasteiger charge is 2.16. The largest absolute Gasteiger partial charge is 0.398 e. The molecule has 0 radical (unpaired) electrons. The number of nitrogen functional groups attached to an aromatic ring is 1. The van der Waals surface area contributed by atoms with E-state index in [0.717, 1.165) is 11.4 Å². The van der Waals surface area contributed by atoms with Crippen molar-refractivity contribution in [2.24, 2.45) is 0 Å². The van der Waals surface area contributed by atoms with Crippen LogP contribution < -0.4 is 5.73 Å². The Morgan fingerprint density at radius 1 is 1.50 bits per heavy atom. The Morgan fingerprint density at radius 2 is 2.28 bits per heavy atom. The number of thiazole rings is 1. The molecule has 0 fully saturated rings. The number of anilines is 1. The van der Waals surface area contributed by atoms with Crippen molar-refractivity contribution < 1.29 is 4.79 Å². The van der Waals surface area contributed by atoms with Crippen LogP contribution in [0.3, 0.4) is 0 Å². The Morgan fingerprint density at radius 3 is 2.89 bits per heavy atom. The van der Waals surface area contributed by atoms with Crippen molar-refractivity contribution in [2.45, 2.75) is 13.5 Å². The molecule has 0 unspecified atom stereocenters. The van der Waals surface area contributed by atoms with Gasteiger partial charge in [0, 0.05) is 30.0 Å². The molecule has 0 saturated heterocycles. The molecule has 0 aromatic carbocycles. The van der Waals surface area contributed by atoms with Crippen LogP contribution in [0, 0.1) is 6.92 Å². The van der Waals surface area contributed by atoms with Crippen LogP contribution in [0.4, 0.5) is 5.69 Å². The molecule has 2 aromatic heterocycles. The molecule has 94 valence electrons. The van der Waals surface area contributed by atoms with E-state index in [1.54, 1.807) is 23.5 Å². The topological polar surface area (TPSA) is 72.1 Å². The fraction of sp³-hybridized carbons (Fsp3) is 0.250. The van der Waals surface area contributed by atoms with Gasteiger partial charge in [-0.15, -0.1) is 11.3 Å². The van der Waals surface area contributed by atoms with E-state index in [-0.39, 0.29) is 5.91 Å². The molecule has 2 aromatic rings. The third kappa shape index (κ3) is 2.65. The maximum Gasteiger partial charge on any atom is 0.257 e. The molecule has 1 amide bonds. The zero-order chi connectivity index (χ0) is 13.1. The van der Waals surface area contributed by atoms with E-state index in [2.05, 4.69) is 9.97 Å². The second kappa shape index (κ2) is 5.14. The van der Waals surface area contributed by atoms with Gasteiger partial charge in [0.15, 0.2) is 0 Å². The lowest BCUT2D eigenvalue weighted by molar-refractivity contribution is 0.0784. The van der Waals surface area contributed by atoms with Crippen LogP contribution in [-0.4, -0.2) is 27.8 Å². The molecule has 0 saturated carbocycles. The average Bonchev–Trinajstić information content (AvgIpc) is 2.81. The van der Waals surface area contributed by atoms with Gasteiger partial charge in [-0.1, -0.05) is 0 Å². The molecule has 0 spiro atoms. The van der Waals surface area contributed by atoms with Crippen LogP contribution in [-0.2, 0) is 6.54 Å². The number of carbonyl (C=O) groups is 1. The second-order valence-corrected chi connectivity index (χ2v) is 4.77. The summed E-state index contributed by atoms with van der Waals surface area (Å²) in [5.41, 5.74) is 10.1. The molecule has 5 nitrogen and oxygen atoms in total. The number of nitrogens with zero attached hydrogens (tertiary/aromatic N) is 3. The minimum atomic E-state index is -0.145. The molecule has 2 rings (SSSR count). The van der Waals surface area contributed by atoms with Crippen molar-refractivity contribution in [3.8, 4) is 0 Å². The van der Waals surface area contributed by atoms with Crippen LogP contribution in [0.25, 0.3) is 0 Å². The first kappa shape index (κ1) is 12.5. The minimum Gasteiger partial charge on any atom is -0.398 e. The van der Waals surface area contributed by atoms with E-state index >= 15 is 0 Å². The summed E-state index contributed by atoms with van der Waals surface area (Å²) < 4.78 is 0. The molecule has 0 aliphatic carbocycles. The second-order valence-electron chi connectivity index (χ2n) is 4.05. The van der Waals surface area contributed by atoms with Gasteiger partial charge in [-0.2, -0.15) is 0 Å². The first-order valence-electron chi connectivity index (χ1n) is 5.42. The molecule has 6 heteroatoms. The number of nitrogens with two attached hydrogens (primary N) is 1. The van der Waals surface area contributed by atoms with Gasteiger partial charge in [0.1, 0.15) is 0 Å². The zero-order valence-electron chi connectivity index (χ0n) is 10.3. The van der Waals surface area contributed by atoms with Crippen molar-refractivity contribution in [3.05, 3.63) is 40.1 Å². The highest BCUT2D eigenvalue weighted by molar-refractivity contribution is 7.07. The van der Waals surface area contributed by atoms with Gasteiger partial charge in [0.05, 0.1) is 23.3 Å². The predicted molar refractivity (Wildman–Crippen MR) is 71.3 cm³/mol. The van der Waals surface area contributed by atoms with E-state index < -0.39 is 0 Å². The van der Waals surface area contributed by atoms with Crippen molar-refractivity contribution in [1.29, 1.82) is 0 Å². The molecule has 18 heavy (non-hydrogen) atoms. The first-order chi connectivity index (χ1) is 8.58. The van der Waals surface area contributed by atoms with Gasteiger partial charge in [-0.3, -0.25) is 9.78 Å². The lowest BCUT2D eigenvalue weighted by atomic mass is 10.2. The lowest BCUT2D eigenvalue weighted by Crippen LogP contribution is -2.27. The number of aromatic nitrogens is 2. The number of carbonyl (C=O) groups excluding carboxylic acids is 1. The quantitative estimate of drug-likeness (QED) is 0.913. The van der Waals surface area contributed by atoms with E-state index in [4.69, 9.17) is 5.73 Å². The Hall–Kier alpha value is -1.95. The molecule has 0 bridgehead atoms. The number of amides is 1. The SMILES string of the molecule is Cc1cc(N)c(C(=O)N(C)Cc2cscn2)cn1. The van der Waals surface area contributed by atoms with Crippen LogP contribution in [0.2, 0.25) is 0 Å². The summed E-state index contributed by atoms with van der Waals surface area (Å²) in [6.07, 6.45) is 1.52. The van der Waals surface area contributed by atoms with E-state index in [1.807, 2.05) is 12.3 Å². The molecule has 0 aliphatic rings. The lowest BCUT2D eigenvalue weighted by Gasteiger charge is -2.16. The van der Waals surface area contributed by atoms with Crippen LogP contribution in [0.15, 0.2) is 23.2 Å². The predicted octanol–water partition coefficient (Wildman–Crippen LogP) is 1.70. The molecule has 2 heterocycles. The maximum atomic E-state index is 12.2. The van der Waals surface area contributed by atoms with Gasteiger partial charge in [0.2, 0.25) is 0 Å².